The lowest BCUT2D eigenvalue weighted by molar-refractivity contribution is -0.134. The van der Waals surface area contributed by atoms with Crippen molar-refractivity contribution in [1.82, 2.24) is 15.1 Å². The summed E-state index contributed by atoms with van der Waals surface area (Å²) < 4.78 is 0. The Morgan fingerprint density at radius 2 is 2.10 bits per heavy atom. The molecule has 2 heterocycles. The first-order chi connectivity index (χ1) is 10.2. The van der Waals surface area contributed by atoms with Gasteiger partial charge in [-0.3, -0.25) is 9.69 Å². The van der Waals surface area contributed by atoms with Crippen LogP contribution >= 0.6 is 0 Å². The van der Waals surface area contributed by atoms with E-state index in [0.717, 1.165) is 58.3 Å². The van der Waals surface area contributed by atoms with Gasteiger partial charge in [0.2, 0.25) is 5.91 Å². The molecule has 2 aliphatic rings. The fourth-order valence-electron chi connectivity index (χ4n) is 3.60. The van der Waals surface area contributed by atoms with Gasteiger partial charge in [-0.2, -0.15) is 0 Å². The summed E-state index contributed by atoms with van der Waals surface area (Å²) in [5, 5.41) is 12.3. The summed E-state index contributed by atoms with van der Waals surface area (Å²) in [6.45, 7) is 4.75. The van der Waals surface area contributed by atoms with E-state index < -0.39 is 0 Å². The van der Waals surface area contributed by atoms with Gasteiger partial charge in [0.1, 0.15) is 0 Å². The molecule has 2 rings (SSSR count). The number of piperidine rings is 2. The molecular formula is C16H31N3O2. The first kappa shape index (κ1) is 16.7. The quantitative estimate of drug-likeness (QED) is 0.757. The van der Waals surface area contributed by atoms with Gasteiger partial charge in [-0.25, -0.2) is 0 Å². The number of aliphatic hydroxyl groups excluding tert-OH is 1. The van der Waals surface area contributed by atoms with Crippen molar-refractivity contribution in [2.45, 2.75) is 44.6 Å². The summed E-state index contributed by atoms with van der Waals surface area (Å²) >= 11 is 0. The number of nitrogens with zero attached hydrogens (tertiary/aromatic N) is 2. The van der Waals surface area contributed by atoms with Crippen molar-refractivity contribution in [2.75, 3.05) is 46.4 Å². The van der Waals surface area contributed by atoms with Gasteiger partial charge in [-0.05, 0) is 64.6 Å². The number of carbonyl (C=O) groups excluding carboxylic acids is 1. The molecule has 2 N–H and O–H groups in total. The van der Waals surface area contributed by atoms with E-state index in [-0.39, 0.29) is 12.5 Å². The Morgan fingerprint density at radius 1 is 1.33 bits per heavy atom. The summed E-state index contributed by atoms with van der Waals surface area (Å²) in [5.41, 5.74) is 0. The van der Waals surface area contributed by atoms with E-state index in [1.807, 2.05) is 4.90 Å². The number of nitrogens with one attached hydrogen (secondary N) is 1. The number of aliphatic hydroxyl groups is 1. The normalized spacial score (nSPS) is 24.5. The number of carbonyl (C=O) groups is 1. The minimum Gasteiger partial charge on any atom is -0.396 e. The number of hydrogen-bond donors (Lipinski definition) is 2. The van der Waals surface area contributed by atoms with Crippen LogP contribution in [0, 0.1) is 5.92 Å². The molecule has 2 fully saturated rings. The predicted octanol–water partition coefficient (Wildman–Crippen LogP) is 0.681. The fourth-order valence-corrected chi connectivity index (χ4v) is 3.60. The molecule has 122 valence electrons. The number of likely N-dealkylation sites (N-methyl/N-ethyl adjacent to an activating group) is 1. The van der Waals surface area contributed by atoms with Crippen LogP contribution in [0.25, 0.3) is 0 Å². The zero-order chi connectivity index (χ0) is 15.1. The minimum atomic E-state index is 0.267. The van der Waals surface area contributed by atoms with Crippen molar-refractivity contribution in [1.29, 1.82) is 0 Å². The Kier molecular flexibility index (Phi) is 6.93. The maximum Gasteiger partial charge on any atom is 0.236 e. The summed E-state index contributed by atoms with van der Waals surface area (Å²) in [7, 11) is 2.08. The van der Waals surface area contributed by atoms with E-state index in [4.69, 9.17) is 5.11 Å². The zero-order valence-electron chi connectivity index (χ0n) is 13.4. The topological polar surface area (TPSA) is 55.8 Å². The van der Waals surface area contributed by atoms with Crippen LogP contribution in [-0.4, -0.2) is 73.2 Å². The van der Waals surface area contributed by atoms with Crippen molar-refractivity contribution in [3.8, 4) is 0 Å². The second-order valence-corrected chi connectivity index (χ2v) is 6.61. The standard InChI is InChI=1S/C16H31N3O2/c1-18(15-6-8-17-9-7-15)13-16(21)19-10-2-4-14(12-19)5-3-11-20/h14-15,17,20H,2-13H2,1H3/t14-/m1/s1. The molecule has 0 aromatic carbocycles. The first-order valence-corrected chi connectivity index (χ1v) is 8.50. The second kappa shape index (κ2) is 8.71. The third-order valence-corrected chi connectivity index (χ3v) is 4.96. The number of likely N-dealkylation sites (tertiary alicyclic amines) is 1. The monoisotopic (exact) mass is 297 g/mol. The second-order valence-electron chi connectivity index (χ2n) is 6.61. The smallest absolute Gasteiger partial charge is 0.236 e. The van der Waals surface area contributed by atoms with Gasteiger partial charge in [0, 0.05) is 25.7 Å². The fraction of sp³-hybridized carbons (Fsp3) is 0.938. The van der Waals surface area contributed by atoms with E-state index in [1.165, 1.54) is 6.42 Å². The Hall–Kier alpha value is -0.650. The van der Waals surface area contributed by atoms with E-state index in [0.29, 0.717) is 18.5 Å². The molecule has 0 aromatic rings. The highest BCUT2D eigenvalue weighted by atomic mass is 16.2. The largest absolute Gasteiger partial charge is 0.396 e. The van der Waals surface area contributed by atoms with Crippen molar-refractivity contribution in [3.63, 3.8) is 0 Å². The van der Waals surface area contributed by atoms with Gasteiger partial charge in [0.05, 0.1) is 6.54 Å². The summed E-state index contributed by atoms with van der Waals surface area (Å²) in [4.78, 5) is 16.8. The van der Waals surface area contributed by atoms with Gasteiger partial charge >= 0.3 is 0 Å². The molecule has 0 saturated carbocycles. The predicted molar refractivity (Wildman–Crippen MR) is 84.1 cm³/mol. The molecule has 21 heavy (non-hydrogen) atoms. The molecule has 1 atom stereocenters. The molecule has 0 bridgehead atoms. The molecule has 5 nitrogen and oxygen atoms in total. The molecule has 0 unspecified atom stereocenters. The maximum absolute atomic E-state index is 12.5. The Bertz CT molecular complexity index is 319. The SMILES string of the molecule is CN(CC(=O)N1CCC[C@H](CCCO)C1)C1CCNCC1. The van der Waals surface area contributed by atoms with Crippen LogP contribution in [0.4, 0.5) is 0 Å². The van der Waals surface area contributed by atoms with E-state index in [1.54, 1.807) is 0 Å². The average molecular weight is 297 g/mol. The molecule has 0 spiro atoms. The first-order valence-electron chi connectivity index (χ1n) is 8.50. The van der Waals surface area contributed by atoms with E-state index in [9.17, 15) is 4.79 Å². The molecule has 0 radical (unpaired) electrons. The van der Waals surface area contributed by atoms with Gasteiger partial charge in [-0.1, -0.05) is 0 Å². The Labute approximate surface area is 128 Å². The van der Waals surface area contributed by atoms with Crippen LogP contribution in [0.1, 0.15) is 38.5 Å². The van der Waals surface area contributed by atoms with Crippen LogP contribution in [0.15, 0.2) is 0 Å². The average Bonchev–Trinajstić information content (AvgIpc) is 2.54. The van der Waals surface area contributed by atoms with Crippen molar-refractivity contribution < 1.29 is 9.90 Å². The van der Waals surface area contributed by atoms with Crippen LogP contribution in [0.2, 0.25) is 0 Å². The molecular weight excluding hydrogens is 266 g/mol. The highest BCUT2D eigenvalue weighted by Gasteiger charge is 2.26. The van der Waals surface area contributed by atoms with Gasteiger partial charge in [0.15, 0.2) is 0 Å². The van der Waals surface area contributed by atoms with Gasteiger partial charge in [-0.15, -0.1) is 0 Å². The minimum absolute atomic E-state index is 0.267. The van der Waals surface area contributed by atoms with E-state index >= 15 is 0 Å². The summed E-state index contributed by atoms with van der Waals surface area (Å²) in [5.74, 6) is 0.865. The van der Waals surface area contributed by atoms with Gasteiger partial charge in [0.25, 0.3) is 0 Å². The van der Waals surface area contributed by atoms with Crippen LogP contribution in [0.3, 0.4) is 0 Å². The van der Waals surface area contributed by atoms with Crippen LogP contribution < -0.4 is 5.32 Å². The summed E-state index contributed by atoms with van der Waals surface area (Å²) in [6.07, 6.45) is 6.50. The Balaban J connectivity index is 1.76. The summed E-state index contributed by atoms with van der Waals surface area (Å²) in [6, 6.07) is 0.546. The highest BCUT2D eigenvalue weighted by molar-refractivity contribution is 5.78. The zero-order valence-corrected chi connectivity index (χ0v) is 13.4. The van der Waals surface area contributed by atoms with Gasteiger partial charge < -0.3 is 15.3 Å². The number of amides is 1. The van der Waals surface area contributed by atoms with Crippen molar-refractivity contribution in [2.24, 2.45) is 5.92 Å². The highest BCUT2D eigenvalue weighted by Crippen LogP contribution is 2.21. The lowest BCUT2D eigenvalue weighted by atomic mass is 9.93. The molecule has 0 aromatic heterocycles. The lowest BCUT2D eigenvalue weighted by Crippen LogP contribution is -2.48. The molecule has 0 aliphatic carbocycles. The third-order valence-electron chi connectivity index (χ3n) is 4.96. The molecule has 2 aliphatic heterocycles. The van der Waals surface area contributed by atoms with Crippen LogP contribution in [-0.2, 0) is 4.79 Å². The third kappa shape index (κ3) is 5.24. The van der Waals surface area contributed by atoms with Crippen molar-refractivity contribution >= 4 is 5.91 Å². The maximum atomic E-state index is 12.5. The van der Waals surface area contributed by atoms with E-state index in [2.05, 4.69) is 17.3 Å². The molecule has 2 saturated heterocycles. The van der Waals surface area contributed by atoms with Crippen LogP contribution in [0.5, 0.6) is 0 Å². The number of hydrogen-bond acceptors (Lipinski definition) is 4. The molecule has 5 heteroatoms. The lowest BCUT2D eigenvalue weighted by Gasteiger charge is -2.36. The van der Waals surface area contributed by atoms with Crippen molar-refractivity contribution in [3.05, 3.63) is 0 Å². The number of rotatable bonds is 6. The molecule has 1 amide bonds. The Morgan fingerprint density at radius 3 is 2.81 bits per heavy atom.